The zero-order valence-corrected chi connectivity index (χ0v) is 21.2. The van der Waals surface area contributed by atoms with Gasteiger partial charge in [-0.1, -0.05) is 43.3 Å². The largest absolute Gasteiger partial charge is 0.504 e. The molecule has 2 aromatic heterocycles. The van der Waals surface area contributed by atoms with E-state index in [-0.39, 0.29) is 17.0 Å². The highest BCUT2D eigenvalue weighted by Crippen LogP contribution is 2.37. The second kappa shape index (κ2) is 10.4. The van der Waals surface area contributed by atoms with Crippen LogP contribution in [0.5, 0.6) is 5.75 Å². The Balaban J connectivity index is 1.55. The van der Waals surface area contributed by atoms with Gasteiger partial charge in [0.1, 0.15) is 28.9 Å². The van der Waals surface area contributed by atoms with Gasteiger partial charge in [0.15, 0.2) is 5.75 Å². The van der Waals surface area contributed by atoms with E-state index >= 15 is 4.39 Å². The number of carbonyl (C=O) groups is 1. The van der Waals surface area contributed by atoms with Crippen LogP contribution in [0.2, 0.25) is 0 Å². The highest BCUT2D eigenvalue weighted by Gasteiger charge is 2.19. The number of aromatic nitrogens is 3. The van der Waals surface area contributed by atoms with Gasteiger partial charge in [0, 0.05) is 23.4 Å². The Labute approximate surface area is 220 Å². The van der Waals surface area contributed by atoms with Gasteiger partial charge in [-0.25, -0.2) is 14.4 Å². The number of imidazole rings is 1. The molecule has 0 fully saturated rings. The molecule has 7 nitrogen and oxygen atoms in total. The van der Waals surface area contributed by atoms with Crippen LogP contribution >= 0.6 is 0 Å². The Hall–Kier alpha value is -4.56. The Kier molecular flexibility index (Phi) is 6.89. The van der Waals surface area contributed by atoms with Crippen molar-refractivity contribution < 1.29 is 14.3 Å². The summed E-state index contributed by atoms with van der Waals surface area (Å²) in [5.74, 6) is -1.27. The molecule has 0 unspecified atom stereocenters. The molecule has 0 aliphatic carbocycles. The lowest BCUT2D eigenvalue weighted by Gasteiger charge is -2.18. The molecule has 2 heterocycles. The molecule has 1 amide bonds. The van der Waals surface area contributed by atoms with Crippen LogP contribution in [0.25, 0.3) is 39.1 Å². The molecule has 5 aromatic rings. The molecular weight excluding hydrogens is 481 g/mol. The first-order valence-corrected chi connectivity index (χ1v) is 12.4. The molecule has 8 heteroatoms. The molecule has 0 saturated carbocycles. The maximum Gasteiger partial charge on any atom is 0.248 e. The van der Waals surface area contributed by atoms with Crippen LogP contribution in [-0.2, 0) is 6.54 Å². The van der Waals surface area contributed by atoms with Crippen LogP contribution in [0.4, 0.5) is 4.39 Å². The van der Waals surface area contributed by atoms with Crippen LogP contribution in [0, 0.1) is 5.82 Å². The topological polar surface area (TPSA) is 97.3 Å². The first-order valence-electron chi connectivity index (χ1n) is 12.4. The predicted octanol–water partition coefficient (Wildman–Crippen LogP) is 5.54. The molecule has 0 atom stereocenters. The van der Waals surface area contributed by atoms with Crippen LogP contribution in [0.1, 0.15) is 29.3 Å². The van der Waals surface area contributed by atoms with Crippen molar-refractivity contribution in [2.75, 3.05) is 13.6 Å². The van der Waals surface area contributed by atoms with E-state index in [1.807, 2.05) is 24.3 Å². The maximum absolute atomic E-state index is 15.6. The number of primary amides is 1. The zero-order chi connectivity index (χ0) is 26.8. The molecular formula is C30H28FN5O2. The third kappa shape index (κ3) is 4.73. The van der Waals surface area contributed by atoms with Gasteiger partial charge in [-0.15, -0.1) is 0 Å². The summed E-state index contributed by atoms with van der Waals surface area (Å²) < 4.78 is 17.2. The standard InChI is InChI=1S/C30H28FN5O2/c1-3-13-35(2)17-21-7-4-5-10-23(21)19-11-12-24(25(31)15-19)27-29(37)28-26(16-33-27)34-18-36(28)22-9-6-8-20(14-22)30(32)38/h4-12,14-16,18,37H,3,13,17H2,1-2H3,(H2,32,38). The van der Waals surface area contributed by atoms with Gasteiger partial charge >= 0.3 is 0 Å². The fourth-order valence-corrected chi connectivity index (χ4v) is 4.76. The van der Waals surface area contributed by atoms with E-state index in [9.17, 15) is 9.90 Å². The normalized spacial score (nSPS) is 11.4. The second-order valence-electron chi connectivity index (χ2n) is 9.31. The summed E-state index contributed by atoms with van der Waals surface area (Å²) in [5, 5.41) is 11.2. The van der Waals surface area contributed by atoms with E-state index < -0.39 is 11.7 Å². The number of hydrogen-bond donors (Lipinski definition) is 2. The van der Waals surface area contributed by atoms with Crippen molar-refractivity contribution in [3.63, 3.8) is 0 Å². The number of nitrogens with zero attached hydrogens (tertiary/aromatic N) is 4. The lowest BCUT2D eigenvalue weighted by molar-refractivity contribution is 0.1000. The molecule has 3 N–H and O–H groups in total. The third-order valence-electron chi connectivity index (χ3n) is 6.57. The highest BCUT2D eigenvalue weighted by molar-refractivity contribution is 5.94. The van der Waals surface area contributed by atoms with E-state index in [0.29, 0.717) is 22.3 Å². The van der Waals surface area contributed by atoms with Crippen LogP contribution in [0.3, 0.4) is 0 Å². The first kappa shape index (κ1) is 25.1. The molecule has 0 aliphatic rings. The van der Waals surface area contributed by atoms with E-state index in [1.54, 1.807) is 34.9 Å². The number of benzene rings is 3. The minimum Gasteiger partial charge on any atom is -0.504 e. The quantitative estimate of drug-likeness (QED) is 0.286. The minimum atomic E-state index is -0.566. The summed E-state index contributed by atoms with van der Waals surface area (Å²) in [6, 6.07) is 19.6. The summed E-state index contributed by atoms with van der Waals surface area (Å²) in [7, 11) is 2.07. The summed E-state index contributed by atoms with van der Waals surface area (Å²) in [4.78, 5) is 22.5. The van der Waals surface area contributed by atoms with Crippen molar-refractivity contribution in [2.24, 2.45) is 5.73 Å². The van der Waals surface area contributed by atoms with Gasteiger partial charge < -0.3 is 15.7 Å². The average Bonchev–Trinajstić information content (AvgIpc) is 3.35. The number of halogens is 1. The molecule has 0 radical (unpaired) electrons. The lowest BCUT2D eigenvalue weighted by atomic mass is 9.97. The van der Waals surface area contributed by atoms with Crippen molar-refractivity contribution in [1.82, 2.24) is 19.4 Å². The van der Waals surface area contributed by atoms with Gasteiger partial charge in [0.2, 0.25) is 5.91 Å². The van der Waals surface area contributed by atoms with Crippen molar-refractivity contribution in [3.8, 4) is 33.8 Å². The second-order valence-corrected chi connectivity index (χ2v) is 9.31. The SMILES string of the molecule is CCCN(C)Cc1ccccc1-c1ccc(-c2ncc3ncn(-c4cccc(C(N)=O)c4)c3c2O)c(F)c1. The number of hydrogen-bond acceptors (Lipinski definition) is 5. The number of fused-ring (bicyclic) bond motifs is 1. The van der Waals surface area contributed by atoms with Crippen molar-refractivity contribution >= 4 is 16.9 Å². The van der Waals surface area contributed by atoms with E-state index in [1.165, 1.54) is 18.6 Å². The van der Waals surface area contributed by atoms with Crippen LogP contribution in [-0.4, -0.2) is 44.0 Å². The molecule has 192 valence electrons. The third-order valence-corrected chi connectivity index (χ3v) is 6.57. The number of carbonyl (C=O) groups excluding carboxylic acids is 1. The Morgan fingerprint density at radius 3 is 2.63 bits per heavy atom. The first-order chi connectivity index (χ1) is 18.4. The fourth-order valence-electron chi connectivity index (χ4n) is 4.76. The molecule has 38 heavy (non-hydrogen) atoms. The zero-order valence-electron chi connectivity index (χ0n) is 21.2. The smallest absolute Gasteiger partial charge is 0.248 e. The van der Waals surface area contributed by atoms with E-state index in [2.05, 4.69) is 34.9 Å². The molecule has 0 bridgehead atoms. The predicted molar refractivity (Wildman–Crippen MR) is 147 cm³/mol. The van der Waals surface area contributed by atoms with Gasteiger partial charge in [-0.2, -0.15) is 0 Å². The molecule has 0 spiro atoms. The van der Waals surface area contributed by atoms with Gasteiger partial charge in [0.25, 0.3) is 0 Å². The summed E-state index contributed by atoms with van der Waals surface area (Å²) in [5.41, 5.74) is 10.2. The van der Waals surface area contributed by atoms with Crippen molar-refractivity contribution in [2.45, 2.75) is 19.9 Å². The van der Waals surface area contributed by atoms with E-state index in [0.717, 1.165) is 36.2 Å². The van der Waals surface area contributed by atoms with Gasteiger partial charge in [-0.3, -0.25) is 9.36 Å². The molecule has 3 aromatic carbocycles. The van der Waals surface area contributed by atoms with E-state index in [4.69, 9.17) is 5.73 Å². The van der Waals surface area contributed by atoms with Crippen molar-refractivity contribution in [1.29, 1.82) is 0 Å². The number of amides is 1. The van der Waals surface area contributed by atoms with Crippen molar-refractivity contribution in [3.05, 3.63) is 96.2 Å². The van der Waals surface area contributed by atoms with Gasteiger partial charge in [-0.05, 0) is 67.0 Å². The summed E-state index contributed by atoms with van der Waals surface area (Å²) >= 11 is 0. The number of rotatable bonds is 8. The maximum atomic E-state index is 15.6. The minimum absolute atomic E-state index is 0.102. The highest BCUT2D eigenvalue weighted by atomic mass is 19.1. The Bertz CT molecular complexity index is 1650. The molecule has 5 rings (SSSR count). The number of nitrogens with two attached hydrogens (primary N) is 1. The fraction of sp³-hybridized carbons (Fsp3) is 0.167. The van der Waals surface area contributed by atoms with Crippen LogP contribution < -0.4 is 5.73 Å². The lowest BCUT2D eigenvalue weighted by Crippen LogP contribution is -2.18. The van der Waals surface area contributed by atoms with Gasteiger partial charge in [0.05, 0.1) is 6.20 Å². The Morgan fingerprint density at radius 2 is 1.87 bits per heavy atom. The monoisotopic (exact) mass is 509 g/mol. The average molecular weight is 510 g/mol. The summed E-state index contributed by atoms with van der Waals surface area (Å²) in [6.07, 6.45) is 4.06. The summed E-state index contributed by atoms with van der Waals surface area (Å²) in [6.45, 7) is 3.87. The molecule has 0 saturated heterocycles. The Morgan fingerprint density at radius 1 is 1.05 bits per heavy atom. The van der Waals surface area contributed by atoms with Crippen LogP contribution in [0.15, 0.2) is 79.3 Å². The number of aromatic hydroxyl groups is 1. The molecule has 0 aliphatic heterocycles. The number of pyridine rings is 1.